The molecule has 0 saturated heterocycles. The van der Waals surface area contributed by atoms with E-state index in [9.17, 15) is 13.2 Å². The summed E-state index contributed by atoms with van der Waals surface area (Å²) in [5.74, 6) is 0. The monoisotopic (exact) mass is 316 g/mol. The molecule has 2 rings (SSSR count). The maximum absolute atomic E-state index is 12.6. The smallest absolute Gasteiger partial charge is 0.399 e. The Bertz CT molecular complexity index is 592. The number of hydrogen-bond acceptors (Lipinski definition) is 5. The van der Waals surface area contributed by atoms with Gasteiger partial charge in [0, 0.05) is 18.3 Å². The van der Waals surface area contributed by atoms with Crippen LogP contribution in [0.1, 0.15) is 24.4 Å². The van der Waals surface area contributed by atoms with E-state index in [-0.39, 0.29) is 11.2 Å². The molecule has 1 aromatic heterocycles. The second-order valence-electron chi connectivity index (χ2n) is 4.85. The highest BCUT2D eigenvalue weighted by Crippen LogP contribution is 2.35. The first kappa shape index (κ1) is 15.6. The summed E-state index contributed by atoms with van der Waals surface area (Å²) < 4.78 is 37.8. The highest BCUT2D eigenvalue weighted by atomic mass is 32.1. The average Bonchev–Trinajstić information content (AvgIpc) is 2.87. The Balaban J connectivity index is 2.23. The maximum atomic E-state index is 12.6. The average molecular weight is 316 g/mol. The molecular formula is C13H15F3N4S. The van der Waals surface area contributed by atoms with E-state index in [1.807, 2.05) is 26.0 Å². The molecule has 0 aliphatic rings. The number of anilines is 2. The van der Waals surface area contributed by atoms with Gasteiger partial charge in [0.2, 0.25) is 10.1 Å². The Kier molecular flexibility index (Phi) is 4.36. The van der Waals surface area contributed by atoms with Crippen molar-refractivity contribution >= 4 is 22.2 Å². The summed E-state index contributed by atoms with van der Waals surface area (Å²) in [6.45, 7) is 4.24. The van der Waals surface area contributed by atoms with Crippen LogP contribution in [-0.2, 0) is 12.7 Å². The third kappa shape index (κ3) is 3.84. The number of nitrogens with two attached hydrogens (primary N) is 1. The first-order valence-corrected chi connectivity index (χ1v) is 7.11. The molecule has 1 aromatic carbocycles. The predicted molar refractivity (Wildman–Crippen MR) is 77.1 cm³/mol. The standard InChI is InChI=1S/C13H15F3N4S/c1-8(2)20(7-9-3-5-10(17)6-4-9)12-19-18-11(21-12)13(14,15)16/h3-6,8H,7,17H2,1-2H3. The molecule has 8 heteroatoms. The molecule has 0 radical (unpaired) electrons. The van der Waals surface area contributed by atoms with Crippen LogP contribution in [0.5, 0.6) is 0 Å². The normalized spacial score (nSPS) is 11.9. The van der Waals surface area contributed by atoms with Gasteiger partial charge in [0.25, 0.3) is 0 Å². The largest absolute Gasteiger partial charge is 0.445 e. The molecule has 2 N–H and O–H groups in total. The minimum absolute atomic E-state index is 0.00316. The van der Waals surface area contributed by atoms with Crippen molar-refractivity contribution in [3.63, 3.8) is 0 Å². The first-order valence-electron chi connectivity index (χ1n) is 6.29. The van der Waals surface area contributed by atoms with Gasteiger partial charge < -0.3 is 10.6 Å². The van der Waals surface area contributed by atoms with Gasteiger partial charge in [0.1, 0.15) is 0 Å². The maximum Gasteiger partial charge on any atom is 0.445 e. The van der Waals surface area contributed by atoms with Crippen LogP contribution in [-0.4, -0.2) is 16.2 Å². The number of nitrogen functional groups attached to an aromatic ring is 1. The Morgan fingerprint density at radius 3 is 2.29 bits per heavy atom. The van der Waals surface area contributed by atoms with Crippen LogP contribution in [0.25, 0.3) is 0 Å². The molecule has 1 heterocycles. The Morgan fingerprint density at radius 1 is 1.19 bits per heavy atom. The Hall–Kier alpha value is -1.83. The van der Waals surface area contributed by atoms with E-state index in [2.05, 4.69) is 10.2 Å². The fourth-order valence-corrected chi connectivity index (χ4v) is 2.58. The van der Waals surface area contributed by atoms with Crippen LogP contribution in [0.2, 0.25) is 0 Å². The van der Waals surface area contributed by atoms with Crippen molar-refractivity contribution < 1.29 is 13.2 Å². The Labute approximate surface area is 124 Å². The molecule has 4 nitrogen and oxygen atoms in total. The van der Waals surface area contributed by atoms with Gasteiger partial charge in [-0.25, -0.2) is 0 Å². The lowest BCUT2D eigenvalue weighted by Crippen LogP contribution is -2.30. The topological polar surface area (TPSA) is 55.0 Å². The minimum atomic E-state index is -4.46. The lowest BCUT2D eigenvalue weighted by atomic mass is 10.2. The van der Waals surface area contributed by atoms with Crippen molar-refractivity contribution in [2.24, 2.45) is 0 Å². The molecule has 0 bridgehead atoms. The van der Waals surface area contributed by atoms with Gasteiger partial charge in [-0.05, 0) is 31.5 Å². The van der Waals surface area contributed by atoms with Crippen LogP contribution in [0.3, 0.4) is 0 Å². The molecule has 21 heavy (non-hydrogen) atoms. The third-order valence-corrected chi connectivity index (χ3v) is 3.86. The van der Waals surface area contributed by atoms with Crippen molar-refractivity contribution in [3.8, 4) is 0 Å². The second-order valence-corrected chi connectivity index (χ2v) is 5.81. The molecule has 0 atom stereocenters. The minimum Gasteiger partial charge on any atom is -0.399 e. The van der Waals surface area contributed by atoms with Crippen LogP contribution >= 0.6 is 11.3 Å². The molecule has 0 unspecified atom stereocenters. The van der Waals surface area contributed by atoms with E-state index in [4.69, 9.17) is 5.73 Å². The van der Waals surface area contributed by atoms with E-state index in [1.54, 1.807) is 17.0 Å². The molecule has 0 spiro atoms. The Morgan fingerprint density at radius 2 is 1.81 bits per heavy atom. The van der Waals surface area contributed by atoms with Gasteiger partial charge >= 0.3 is 6.18 Å². The van der Waals surface area contributed by atoms with Gasteiger partial charge in [0.05, 0.1) is 0 Å². The lowest BCUT2D eigenvalue weighted by molar-refractivity contribution is -0.138. The van der Waals surface area contributed by atoms with Crippen LogP contribution in [0, 0.1) is 0 Å². The molecule has 114 valence electrons. The summed E-state index contributed by atoms with van der Waals surface area (Å²) in [5, 5.41) is 6.22. The second kappa shape index (κ2) is 5.88. The molecule has 0 saturated carbocycles. The van der Waals surface area contributed by atoms with E-state index in [1.165, 1.54) is 0 Å². The molecule has 2 aromatic rings. The van der Waals surface area contributed by atoms with Crippen molar-refractivity contribution in [1.82, 2.24) is 10.2 Å². The summed E-state index contributed by atoms with van der Waals surface area (Å²) in [6.07, 6.45) is -4.46. The number of rotatable bonds is 4. The highest BCUT2D eigenvalue weighted by Gasteiger charge is 2.36. The molecule has 0 aliphatic heterocycles. The van der Waals surface area contributed by atoms with Crippen molar-refractivity contribution in [2.75, 3.05) is 10.6 Å². The summed E-state index contributed by atoms with van der Waals surface area (Å²) >= 11 is 0.553. The third-order valence-electron chi connectivity index (χ3n) is 2.86. The fraction of sp³-hybridized carbons (Fsp3) is 0.385. The van der Waals surface area contributed by atoms with Crippen molar-refractivity contribution in [1.29, 1.82) is 0 Å². The van der Waals surface area contributed by atoms with E-state index < -0.39 is 11.2 Å². The molecule has 0 amide bonds. The summed E-state index contributed by atoms with van der Waals surface area (Å²) in [7, 11) is 0. The zero-order valence-corrected chi connectivity index (χ0v) is 12.4. The van der Waals surface area contributed by atoms with Gasteiger partial charge in [-0.15, -0.1) is 10.2 Å². The van der Waals surface area contributed by atoms with Crippen LogP contribution in [0.15, 0.2) is 24.3 Å². The number of nitrogens with zero attached hydrogens (tertiary/aromatic N) is 3. The summed E-state index contributed by atoms with van der Waals surface area (Å²) in [5.41, 5.74) is 7.21. The number of alkyl halides is 3. The number of halogens is 3. The molecule has 0 fully saturated rings. The van der Waals surface area contributed by atoms with E-state index in [0.717, 1.165) is 5.56 Å². The van der Waals surface area contributed by atoms with E-state index in [0.29, 0.717) is 23.6 Å². The zero-order chi connectivity index (χ0) is 15.6. The van der Waals surface area contributed by atoms with Gasteiger partial charge in [-0.3, -0.25) is 0 Å². The van der Waals surface area contributed by atoms with Crippen molar-refractivity contribution in [2.45, 2.75) is 32.6 Å². The van der Waals surface area contributed by atoms with Crippen LogP contribution in [0.4, 0.5) is 24.0 Å². The van der Waals surface area contributed by atoms with Gasteiger partial charge in [0.15, 0.2) is 0 Å². The van der Waals surface area contributed by atoms with Gasteiger partial charge in [-0.2, -0.15) is 13.2 Å². The summed E-state index contributed by atoms with van der Waals surface area (Å²) in [4.78, 5) is 1.78. The zero-order valence-electron chi connectivity index (χ0n) is 11.6. The molecular weight excluding hydrogens is 301 g/mol. The first-order chi connectivity index (χ1) is 9.77. The lowest BCUT2D eigenvalue weighted by Gasteiger charge is -2.25. The summed E-state index contributed by atoms with van der Waals surface area (Å²) in [6, 6.07) is 7.20. The SMILES string of the molecule is CC(C)N(Cc1ccc(N)cc1)c1nnc(C(F)(F)F)s1. The number of hydrogen-bond donors (Lipinski definition) is 1. The fourth-order valence-electron chi connectivity index (χ4n) is 1.74. The van der Waals surface area contributed by atoms with E-state index >= 15 is 0 Å². The van der Waals surface area contributed by atoms with Gasteiger partial charge in [-0.1, -0.05) is 23.5 Å². The predicted octanol–water partition coefficient (Wildman–Crippen LogP) is 3.55. The molecule has 0 aliphatic carbocycles. The van der Waals surface area contributed by atoms with Crippen molar-refractivity contribution in [3.05, 3.63) is 34.8 Å². The number of aromatic nitrogens is 2. The number of benzene rings is 1. The van der Waals surface area contributed by atoms with Crippen LogP contribution < -0.4 is 10.6 Å². The quantitative estimate of drug-likeness (QED) is 0.876. The highest BCUT2D eigenvalue weighted by molar-refractivity contribution is 7.15.